The summed E-state index contributed by atoms with van der Waals surface area (Å²) in [7, 11) is 0. The van der Waals surface area contributed by atoms with Gasteiger partial charge in [-0.1, -0.05) is 0 Å². The second-order valence-corrected chi connectivity index (χ2v) is 2.78. The first-order chi connectivity index (χ1) is 5.65. The van der Waals surface area contributed by atoms with Gasteiger partial charge in [0.25, 0.3) is 0 Å². The van der Waals surface area contributed by atoms with E-state index in [1.807, 2.05) is 6.92 Å². The Morgan fingerprint density at radius 3 is 2.92 bits per heavy atom. The van der Waals surface area contributed by atoms with Crippen LogP contribution in [0, 0.1) is 0 Å². The average molecular weight is 171 g/mol. The van der Waals surface area contributed by atoms with Gasteiger partial charge in [-0.2, -0.15) is 0 Å². The highest BCUT2D eigenvalue weighted by Gasteiger charge is 2.34. The molecule has 1 unspecified atom stereocenters. The third kappa shape index (κ3) is 1.73. The van der Waals surface area contributed by atoms with E-state index >= 15 is 0 Å². The molecule has 1 saturated heterocycles. The maximum Gasteiger partial charge on any atom is 0.241 e. The summed E-state index contributed by atoms with van der Waals surface area (Å²) in [5.41, 5.74) is 5.34. The quantitative estimate of drug-likeness (QED) is 0.496. The summed E-state index contributed by atoms with van der Waals surface area (Å²) in [4.78, 5) is 23.3. The smallest absolute Gasteiger partial charge is 0.241 e. The molecule has 1 rings (SSSR count). The SMILES string of the molecule is CCNC(=O)CN1CC(N)C1=O. The number of nitrogens with one attached hydrogen (secondary N) is 1. The van der Waals surface area contributed by atoms with Crippen LogP contribution in [0.5, 0.6) is 0 Å². The van der Waals surface area contributed by atoms with Crippen molar-refractivity contribution in [2.24, 2.45) is 5.73 Å². The Morgan fingerprint density at radius 1 is 1.83 bits per heavy atom. The largest absolute Gasteiger partial charge is 0.355 e. The minimum atomic E-state index is -0.389. The number of hydrogen-bond acceptors (Lipinski definition) is 3. The highest BCUT2D eigenvalue weighted by atomic mass is 16.2. The first-order valence-electron chi connectivity index (χ1n) is 3.96. The number of nitrogens with zero attached hydrogens (tertiary/aromatic N) is 1. The summed E-state index contributed by atoms with van der Waals surface area (Å²) in [5.74, 6) is -0.265. The Hall–Kier alpha value is -1.10. The second-order valence-electron chi connectivity index (χ2n) is 2.78. The van der Waals surface area contributed by atoms with Gasteiger partial charge < -0.3 is 16.0 Å². The van der Waals surface area contributed by atoms with Crippen LogP contribution < -0.4 is 11.1 Å². The van der Waals surface area contributed by atoms with Gasteiger partial charge in [0.05, 0.1) is 6.54 Å². The fraction of sp³-hybridized carbons (Fsp3) is 0.714. The van der Waals surface area contributed by atoms with Crippen molar-refractivity contribution in [1.29, 1.82) is 0 Å². The summed E-state index contributed by atoms with van der Waals surface area (Å²) >= 11 is 0. The van der Waals surface area contributed by atoms with Crippen LogP contribution in [-0.2, 0) is 9.59 Å². The van der Waals surface area contributed by atoms with Crippen molar-refractivity contribution < 1.29 is 9.59 Å². The Kier molecular flexibility index (Phi) is 2.65. The third-order valence-electron chi connectivity index (χ3n) is 1.75. The van der Waals surface area contributed by atoms with Crippen molar-refractivity contribution >= 4 is 11.8 Å². The number of nitrogens with two attached hydrogens (primary N) is 1. The number of carbonyl (C=O) groups excluding carboxylic acids is 2. The molecule has 0 saturated carbocycles. The number of likely N-dealkylation sites (tertiary alicyclic amines) is 1. The van der Waals surface area contributed by atoms with E-state index in [2.05, 4.69) is 5.32 Å². The van der Waals surface area contributed by atoms with Gasteiger partial charge in [-0.15, -0.1) is 0 Å². The molecule has 2 amide bonds. The Balaban J connectivity index is 2.25. The lowest BCUT2D eigenvalue weighted by Crippen LogP contribution is -2.62. The van der Waals surface area contributed by atoms with Crippen LogP contribution in [0.1, 0.15) is 6.92 Å². The predicted octanol–water partition coefficient (Wildman–Crippen LogP) is -1.71. The summed E-state index contributed by atoms with van der Waals surface area (Å²) in [6, 6.07) is -0.389. The standard InChI is InChI=1S/C7H13N3O2/c1-2-9-6(11)4-10-3-5(8)7(10)12/h5H,2-4,8H2,1H3,(H,9,11). The van der Waals surface area contributed by atoms with Gasteiger partial charge in [0.15, 0.2) is 0 Å². The molecule has 3 N–H and O–H groups in total. The molecule has 1 atom stereocenters. The first-order valence-corrected chi connectivity index (χ1v) is 3.96. The number of likely N-dealkylation sites (N-methyl/N-ethyl adjacent to an activating group) is 1. The number of carbonyl (C=O) groups is 2. The minimum Gasteiger partial charge on any atom is -0.355 e. The van der Waals surface area contributed by atoms with Crippen LogP contribution in [0.4, 0.5) is 0 Å². The van der Waals surface area contributed by atoms with Gasteiger partial charge in [-0.3, -0.25) is 9.59 Å². The molecule has 0 aromatic carbocycles. The van der Waals surface area contributed by atoms with Crippen LogP contribution in [0.3, 0.4) is 0 Å². The topological polar surface area (TPSA) is 75.4 Å². The molecular weight excluding hydrogens is 158 g/mol. The summed E-state index contributed by atoms with van der Waals surface area (Å²) in [6.45, 7) is 3.06. The first kappa shape index (κ1) is 8.99. The lowest BCUT2D eigenvalue weighted by atomic mass is 10.1. The van der Waals surface area contributed by atoms with Gasteiger partial charge in [0, 0.05) is 13.1 Å². The average Bonchev–Trinajstić information content (AvgIpc) is 2.04. The van der Waals surface area contributed by atoms with E-state index in [4.69, 9.17) is 5.73 Å². The predicted molar refractivity (Wildman–Crippen MR) is 43.2 cm³/mol. The summed E-state index contributed by atoms with van der Waals surface area (Å²) < 4.78 is 0. The van der Waals surface area contributed by atoms with E-state index in [1.54, 1.807) is 0 Å². The van der Waals surface area contributed by atoms with Crippen LogP contribution >= 0.6 is 0 Å². The highest BCUT2D eigenvalue weighted by Crippen LogP contribution is 2.05. The molecular formula is C7H13N3O2. The monoisotopic (exact) mass is 171 g/mol. The van der Waals surface area contributed by atoms with E-state index in [0.717, 1.165) is 0 Å². The second kappa shape index (κ2) is 3.53. The molecule has 0 bridgehead atoms. The highest BCUT2D eigenvalue weighted by molar-refractivity contribution is 5.91. The molecule has 1 aliphatic heterocycles. The molecule has 1 heterocycles. The van der Waals surface area contributed by atoms with Gasteiger partial charge in [0.1, 0.15) is 6.04 Å². The summed E-state index contributed by atoms with van der Waals surface area (Å²) in [5, 5.41) is 2.61. The lowest BCUT2D eigenvalue weighted by molar-refractivity contribution is -0.145. The number of hydrogen-bond donors (Lipinski definition) is 2. The number of β-lactam (4-membered cyclic amide) rings is 1. The van der Waals surface area contributed by atoms with Crippen LogP contribution in [0.15, 0.2) is 0 Å². The van der Waals surface area contributed by atoms with Crippen molar-refractivity contribution in [2.45, 2.75) is 13.0 Å². The molecule has 68 valence electrons. The summed E-state index contributed by atoms with van der Waals surface area (Å²) in [6.07, 6.45) is 0. The lowest BCUT2D eigenvalue weighted by Gasteiger charge is -2.35. The third-order valence-corrected chi connectivity index (χ3v) is 1.75. The zero-order valence-electron chi connectivity index (χ0n) is 7.04. The maximum atomic E-state index is 11.0. The molecule has 1 aliphatic rings. The van der Waals surface area contributed by atoms with E-state index in [-0.39, 0.29) is 24.4 Å². The van der Waals surface area contributed by atoms with Crippen molar-refractivity contribution in [3.8, 4) is 0 Å². The molecule has 0 spiro atoms. The van der Waals surface area contributed by atoms with Crippen molar-refractivity contribution in [3.63, 3.8) is 0 Å². The van der Waals surface area contributed by atoms with Crippen LogP contribution in [-0.4, -0.2) is 42.4 Å². The number of rotatable bonds is 3. The Bertz CT molecular complexity index is 205. The molecule has 0 aromatic rings. The molecule has 5 nitrogen and oxygen atoms in total. The fourth-order valence-corrected chi connectivity index (χ4v) is 1.10. The van der Waals surface area contributed by atoms with Gasteiger partial charge in [-0.05, 0) is 6.92 Å². The van der Waals surface area contributed by atoms with Gasteiger partial charge in [0.2, 0.25) is 11.8 Å². The Labute approximate surface area is 70.9 Å². The van der Waals surface area contributed by atoms with Crippen LogP contribution in [0.25, 0.3) is 0 Å². The molecule has 12 heavy (non-hydrogen) atoms. The van der Waals surface area contributed by atoms with Gasteiger partial charge >= 0.3 is 0 Å². The molecule has 0 aromatic heterocycles. The Morgan fingerprint density at radius 2 is 2.50 bits per heavy atom. The van der Waals surface area contributed by atoms with E-state index < -0.39 is 0 Å². The molecule has 0 radical (unpaired) electrons. The maximum absolute atomic E-state index is 11.0. The van der Waals surface area contributed by atoms with Crippen molar-refractivity contribution in [3.05, 3.63) is 0 Å². The molecule has 0 aliphatic carbocycles. The van der Waals surface area contributed by atoms with Crippen molar-refractivity contribution in [2.75, 3.05) is 19.6 Å². The van der Waals surface area contributed by atoms with E-state index in [9.17, 15) is 9.59 Å². The normalized spacial score (nSPS) is 22.0. The van der Waals surface area contributed by atoms with E-state index in [0.29, 0.717) is 13.1 Å². The van der Waals surface area contributed by atoms with Crippen LogP contribution in [0.2, 0.25) is 0 Å². The van der Waals surface area contributed by atoms with E-state index in [1.165, 1.54) is 4.90 Å². The minimum absolute atomic E-state index is 0.127. The fourth-order valence-electron chi connectivity index (χ4n) is 1.10. The zero-order valence-corrected chi connectivity index (χ0v) is 7.04. The molecule has 1 fully saturated rings. The van der Waals surface area contributed by atoms with Crippen molar-refractivity contribution in [1.82, 2.24) is 10.2 Å². The zero-order chi connectivity index (χ0) is 9.14. The molecule has 5 heteroatoms. The number of amides is 2. The van der Waals surface area contributed by atoms with Gasteiger partial charge in [-0.25, -0.2) is 0 Å².